The molecule has 4 aromatic carbocycles. The largest absolute Gasteiger partial charge is 0.497 e. The Morgan fingerprint density at radius 2 is 0.966 bits per heavy atom. The predicted molar refractivity (Wildman–Crippen MR) is 120 cm³/mol. The standard InChI is InChI=1S/C27H24O2/c1-28-26-14-10-23(11-15-26)22-8-6-20(7-9-22)18-21-4-3-5-25(19-21)24-12-16-27(29-2)17-13-24/h3-17,19H,18H2,1-2H3. The Morgan fingerprint density at radius 1 is 0.483 bits per heavy atom. The summed E-state index contributed by atoms with van der Waals surface area (Å²) in [5, 5.41) is 0. The molecule has 0 saturated heterocycles. The van der Waals surface area contributed by atoms with Crippen LogP contribution < -0.4 is 9.47 Å². The summed E-state index contributed by atoms with van der Waals surface area (Å²) >= 11 is 0. The summed E-state index contributed by atoms with van der Waals surface area (Å²) < 4.78 is 10.5. The predicted octanol–water partition coefficient (Wildman–Crippen LogP) is 6.63. The number of benzene rings is 4. The van der Waals surface area contributed by atoms with Gasteiger partial charge in [-0.25, -0.2) is 0 Å². The summed E-state index contributed by atoms with van der Waals surface area (Å²) in [7, 11) is 3.38. The maximum absolute atomic E-state index is 5.25. The fraction of sp³-hybridized carbons (Fsp3) is 0.111. The molecule has 0 atom stereocenters. The van der Waals surface area contributed by atoms with Gasteiger partial charge in [-0.05, 0) is 64.1 Å². The van der Waals surface area contributed by atoms with E-state index in [1.807, 2.05) is 24.3 Å². The highest BCUT2D eigenvalue weighted by atomic mass is 16.5. The van der Waals surface area contributed by atoms with E-state index in [0.717, 1.165) is 17.9 Å². The first-order valence-electron chi connectivity index (χ1n) is 9.72. The molecular weight excluding hydrogens is 356 g/mol. The van der Waals surface area contributed by atoms with Crippen molar-refractivity contribution in [3.05, 3.63) is 108 Å². The highest BCUT2D eigenvalue weighted by molar-refractivity contribution is 5.66. The topological polar surface area (TPSA) is 18.5 Å². The van der Waals surface area contributed by atoms with Crippen molar-refractivity contribution in [3.8, 4) is 33.8 Å². The molecule has 0 unspecified atom stereocenters. The molecule has 0 aliphatic rings. The molecule has 144 valence electrons. The molecule has 29 heavy (non-hydrogen) atoms. The van der Waals surface area contributed by atoms with Crippen LogP contribution in [0, 0.1) is 0 Å². The average molecular weight is 380 g/mol. The molecule has 0 aliphatic heterocycles. The van der Waals surface area contributed by atoms with Crippen LogP contribution >= 0.6 is 0 Å². The number of rotatable bonds is 6. The molecule has 0 heterocycles. The summed E-state index contributed by atoms with van der Waals surface area (Å²) in [6, 6.07) is 33.9. The van der Waals surface area contributed by atoms with E-state index in [1.54, 1.807) is 14.2 Å². The Bertz CT molecular complexity index is 1060. The van der Waals surface area contributed by atoms with Gasteiger partial charge >= 0.3 is 0 Å². The van der Waals surface area contributed by atoms with Gasteiger partial charge in [-0.15, -0.1) is 0 Å². The molecule has 0 fully saturated rings. The van der Waals surface area contributed by atoms with Crippen LogP contribution in [0.3, 0.4) is 0 Å². The zero-order valence-corrected chi connectivity index (χ0v) is 16.8. The van der Waals surface area contributed by atoms with Gasteiger partial charge in [0.25, 0.3) is 0 Å². The van der Waals surface area contributed by atoms with E-state index >= 15 is 0 Å². The first-order valence-corrected chi connectivity index (χ1v) is 9.72. The van der Waals surface area contributed by atoms with Crippen LogP contribution in [0.15, 0.2) is 97.1 Å². The molecular formula is C27H24O2. The van der Waals surface area contributed by atoms with Crippen LogP contribution in [0.25, 0.3) is 22.3 Å². The highest BCUT2D eigenvalue weighted by Crippen LogP contribution is 2.26. The van der Waals surface area contributed by atoms with Crippen LogP contribution in [0.2, 0.25) is 0 Å². The third-order valence-corrected chi connectivity index (χ3v) is 5.14. The maximum atomic E-state index is 5.25. The molecule has 0 N–H and O–H groups in total. The van der Waals surface area contributed by atoms with Crippen LogP contribution in [0.5, 0.6) is 11.5 Å². The van der Waals surface area contributed by atoms with Crippen molar-refractivity contribution in [3.63, 3.8) is 0 Å². The molecule has 0 aliphatic carbocycles. The first-order chi connectivity index (χ1) is 14.2. The summed E-state index contributed by atoms with van der Waals surface area (Å²) in [4.78, 5) is 0. The fourth-order valence-electron chi connectivity index (χ4n) is 3.48. The second-order valence-electron chi connectivity index (χ2n) is 7.03. The molecule has 4 rings (SSSR count). The Kier molecular flexibility index (Phi) is 5.62. The molecule has 2 heteroatoms. The Balaban J connectivity index is 1.50. The van der Waals surface area contributed by atoms with Gasteiger partial charge in [-0.1, -0.05) is 72.8 Å². The highest BCUT2D eigenvalue weighted by Gasteiger charge is 2.03. The van der Waals surface area contributed by atoms with Crippen molar-refractivity contribution in [1.29, 1.82) is 0 Å². The summed E-state index contributed by atoms with van der Waals surface area (Å²) in [6.45, 7) is 0. The van der Waals surface area contributed by atoms with Gasteiger partial charge in [0.05, 0.1) is 14.2 Å². The van der Waals surface area contributed by atoms with Crippen LogP contribution in [-0.2, 0) is 6.42 Å². The van der Waals surface area contributed by atoms with Gasteiger partial charge in [-0.3, -0.25) is 0 Å². The molecule has 0 amide bonds. The lowest BCUT2D eigenvalue weighted by molar-refractivity contribution is 0.415. The van der Waals surface area contributed by atoms with E-state index in [0.29, 0.717) is 0 Å². The smallest absolute Gasteiger partial charge is 0.118 e. The van der Waals surface area contributed by atoms with Gasteiger partial charge in [0.1, 0.15) is 11.5 Å². The SMILES string of the molecule is COc1ccc(-c2ccc(Cc3cccc(-c4ccc(OC)cc4)c3)cc2)cc1. The normalized spacial score (nSPS) is 10.6. The van der Waals surface area contributed by atoms with Gasteiger partial charge in [0, 0.05) is 0 Å². The molecule has 0 saturated carbocycles. The van der Waals surface area contributed by atoms with Crippen molar-refractivity contribution >= 4 is 0 Å². The van der Waals surface area contributed by atoms with Crippen molar-refractivity contribution in [2.45, 2.75) is 6.42 Å². The zero-order chi connectivity index (χ0) is 20.1. The Hall–Kier alpha value is -3.52. The minimum absolute atomic E-state index is 0.877. The Morgan fingerprint density at radius 3 is 1.48 bits per heavy atom. The summed E-state index contributed by atoms with van der Waals surface area (Å²) in [5.41, 5.74) is 7.43. The Labute approximate surface area is 172 Å². The molecule has 2 nitrogen and oxygen atoms in total. The summed E-state index contributed by atoms with van der Waals surface area (Å²) in [5.74, 6) is 1.75. The third kappa shape index (κ3) is 4.49. The maximum Gasteiger partial charge on any atom is 0.118 e. The fourth-order valence-corrected chi connectivity index (χ4v) is 3.48. The van der Waals surface area contributed by atoms with Crippen molar-refractivity contribution < 1.29 is 9.47 Å². The van der Waals surface area contributed by atoms with E-state index in [9.17, 15) is 0 Å². The second kappa shape index (κ2) is 8.66. The molecule has 0 spiro atoms. The molecule has 0 bridgehead atoms. The monoisotopic (exact) mass is 380 g/mol. The number of ether oxygens (including phenoxy) is 2. The lowest BCUT2D eigenvalue weighted by Crippen LogP contribution is -1.90. The van der Waals surface area contributed by atoms with E-state index in [1.165, 1.54) is 33.4 Å². The van der Waals surface area contributed by atoms with Gasteiger partial charge in [0.2, 0.25) is 0 Å². The van der Waals surface area contributed by atoms with Crippen molar-refractivity contribution in [2.75, 3.05) is 14.2 Å². The van der Waals surface area contributed by atoms with E-state index in [4.69, 9.17) is 9.47 Å². The second-order valence-corrected chi connectivity index (χ2v) is 7.03. The van der Waals surface area contributed by atoms with Gasteiger partial charge in [0.15, 0.2) is 0 Å². The van der Waals surface area contributed by atoms with E-state index < -0.39 is 0 Å². The number of methoxy groups -OCH3 is 2. The van der Waals surface area contributed by atoms with Gasteiger partial charge in [-0.2, -0.15) is 0 Å². The molecule has 0 radical (unpaired) electrons. The minimum Gasteiger partial charge on any atom is -0.497 e. The van der Waals surface area contributed by atoms with Crippen LogP contribution in [0.4, 0.5) is 0 Å². The lowest BCUT2D eigenvalue weighted by Gasteiger charge is -2.08. The number of hydrogen-bond acceptors (Lipinski definition) is 2. The molecule has 4 aromatic rings. The first kappa shape index (κ1) is 18.8. The van der Waals surface area contributed by atoms with E-state index in [2.05, 4.69) is 72.8 Å². The lowest BCUT2D eigenvalue weighted by atomic mass is 9.97. The van der Waals surface area contributed by atoms with Crippen molar-refractivity contribution in [1.82, 2.24) is 0 Å². The van der Waals surface area contributed by atoms with Crippen LogP contribution in [-0.4, -0.2) is 14.2 Å². The quantitative estimate of drug-likeness (QED) is 0.374. The zero-order valence-electron chi connectivity index (χ0n) is 16.8. The van der Waals surface area contributed by atoms with E-state index in [-0.39, 0.29) is 0 Å². The number of hydrogen-bond donors (Lipinski definition) is 0. The molecule has 0 aromatic heterocycles. The van der Waals surface area contributed by atoms with Gasteiger partial charge < -0.3 is 9.47 Å². The third-order valence-electron chi connectivity index (χ3n) is 5.14. The average Bonchev–Trinajstić information content (AvgIpc) is 2.80. The summed E-state index contributed by atoms with van der Waals surface area (Å²) in [6.07, 6.45) is 0.910. The minimum atomic E-state index is 0.877. The van der Waals surface area contributed by atoms with Crippen LogP contribution in [0.1, 0.15) is 11.1 Å². The van der Waals surface area contributed by atoms with Crippen molar-refractivity contribution in [2.24, 2.45) is 0 Å².